The molecule has 0 unspecified atom stereocenters. The number of fused-ring (bicyclic) bond motifs is 3. The van der Waals surface area contributed by atoms with E-state index in [0.717, 1.165) is 34.6 Å². The summed E-state index contributed by atoms with van der Waals surface area (Å²) >= 11 is 0. The summed E-state index contributed by atoms with van der Waals surface area (Å²) < 4.78 is 0. The van der Waals surface area contributed by atoms with Crippen LogP contribution in [-0.2, 0) is 6.42 Å². The number of aryl methyl sites for hydroxylation is 1. The Hall–Kier alpha value is -2.72. The summed E-state index contributed by atoms with van der Waals surface area (Å²) in [6, 6.07) is 15.7. The van der Waals surface area contributed by atoms with Crippen molar-refractivity contribution in [2.24, 2.45) is 0 Å². The third-order valence-corrected chi connectivity index (χ3v) is 4.56. The number of aliphatic hydroxyl groups excluding tert-OH is 1. The zero-order valence-electron chi connectivity index (χ0n) is 13.5. The van der Waals surface area contributed by atoms with Crippen molar-refractivity contribution in [2.75, 3.05) is 5.32 Å². The normalized spacial score (nSPS) is 18.6. The van der Waals surface area contributed by atoms with Gasteiger partial charge in [-0.2, -0.15) is 0 Å². The topological polar surface area (TPSA) is 58.0 Å². The number of pyridine rings is 2. The summed E-state index contributed by atoms with van der Waals surface area (Å²) in [5.74, 6) is 0. The molecule has 3 aromatic rings. The second kappa shape index (κ2) is 6.06. The van der Waals surface area contributed by atoms with E-state index in [1.54, 1.807) is 12.4 Å². The van der Waals surface area contributed by atoms with Gasteiger partial charge in [0.1, 0.15) is 6.10 Å². The first-order valence-electron chi connectivity index (χ1n) is 8.21. The lowest BCUT2D eigenvalue weighted by Crippen LogP contribution is -2.25. The molecular weight excluding hydrogens is 298 g/mol. The zero-order chi connectivity index (χ0) is 16.5. The van der Waals surface area contributed by atoms with Crippen molar-refractivity contribution in [1.29, 1.82) is 0 Å². The van der Waals surface area contributed by atoms with Gasteiger partial charge in [-0.15, -0.1) is 0 Å². The highest BCUT2D eigenvalue weighted by Gasteiger charge is 2.33. The monoisotopic (exact) mass is 317 g/mol. The minimum Gasteiger partial charge on any atom is -0.386 e. The molecule has 0 saturated heterocycles. The van der Waals surface area contributed by atoms with E-state index in [2.05, 4.69) is 46.5 Å². The van der Waals surface area contributed by atoms with Crippen LogP contribution in [0.5, 0.6) is 0 Å². The van der Waals surface area contributed by atoms with E-state index in [-0.39, 0.29) is 6.04 Å². The summed E-state index contributed by atoms with van der Waals surface area (Å²) in [7, 11) is 0. The summed E-state index contributed by atoms with van der Waals surface area (Å²) in [6.07, 6.45) is 3.85. The Morgan fingerprint density at radius 1 is 0.917 bits per heavy atom. The molecule has 0 aliphatic heterocycles. The lowest BCUT2D eigenvalue weighted by molar-refractivity contribution is 0.153. The summed E-state index contributed by atoms with van der Waals surface area (Å²) in [4.78, 5) is 8.93. The number of hydrogen-bond donors (Lipinski definition) is 2. The smallest absolute Gasteiger partial charge is 0.105 e. The molecule has 2 atom stereocenters. The molecule has 4 rings (SSSR count). The summed E-state index contributed by atoms with van der Waals surface area (Å²) in [5, 5.41) is 14.4. The number of rotatable bonds is 3. The quantitative estimate of drug-likeness (QED) is 0.769. The van der Waals surface area contributed by atoms with E-state index in [9.17, 15) is 5.11 Å². The fourth-order valence-electron chi connectivity index (χ4n) is 3.24. The van der Waals surface area contributed by atoms with Crippen LogP contribution >= 0.6 is 0 Å². The van der Waals surface area contributed by atoms with Crippen molar-refractivity contribution in [1.82, 2.24) is 9.97 Å². The lowest BCUT2D eigenvalue weighted by atomic mass is 9.86. The Bertz CT molecular complexity index is 861. The first-order valence-corrected chi connectivity index (χ1v) is 8.21. The van der Waals surface area contributed by atoms with Gasteiger partial charge in [-0.3, -0.25) is 9.97 Å². The van der Waals surface area contributed by atoms with Crippen LogP contribution in [-0.4, -0.2) is 15.1 Å². The summed E-state index contributed by atoms with van der Waals surface area (Å²) in [5.41, 5.74) is 5.66. The van der Waals surface area contributed by atoms with Gasteiger partial charge in [0, 0.05) is 29.2 Å². The molecule has 4 nitrogen and oxygen atoms in total. The lowest BCUT2D eigenvalue weighted by Gasteiger charge is -2.32. The number of nitrogens with zero attached hydrogens (tertiary/aromatic N) is 2. The summed E-state index contributed by atoms with van der Waals surface area (Å²) in [6.45, 7) is 2.14. The number of aromatic nitrogens is 2. The molecule has 2 N–H and O–H groups in total. The molecule has 1 aliphatic rings. The number of nitrogens with one attached hydrogen (secondary N) is 1. The van der Waals surface area contributed by atoms with Crippen LogP contribution in [0, 0.1) is 0 Å². The Labute approximate surface area is 141 Å². The Morgan fingerprint density at radius 2 is 1.54 bits per heavy atom. The Balaban J connectivity index is 1.75. The third-order valence-electron chi connectivity index (χ3n) is 4.56. The maximum absolute atomic E-state index is 10.9. The molecule has 4 heteroatoms. The number of anilines is 1. The third kappa shape index (κ3) is 2.45. The van der Waals surface area contributed by atoms with E-state index in [1.165, 1.54) is 5.56 Å². The fourth-order valence-corrected chi connectivity index (χ4v) is 3.24. The highest BCUT2D eigenvalue weighted by atomic mass is 16.3. The van der Waals surface area contributed by atoms with Gasteiger partial charge in [-0.25, -0.2) is 0 Å². The second-order valence-electron chi connectivity index (χ2n) is 6.00. The van der Waals surface area contributed by atoms with Crippen LogP contribution in [0.2, 0.25) is 0 Å². The second-order valence-corrected chi connectivity index (χ2v) is 6.00. The van der Waals surface area contributed by atoms with Crippen molar-refractivity contribution < 1.29 is 5.11 Å². The SMILES string of the molecule is CCc1ccc(N[C@@H]2c3cccnc3-c3ncccc3[C@H]2O)cc1. The highest BCUT2D eigenvalue weighted by molar-refractivity contribution is 5.68. The van der Waals surface area contributed by atoms with Gasteiger partial charge in [-0.05, 0) is 36.2 Å². The molecule has 2 aromatic heterocycles. The van der Waals surface area contributed by atoms with Crippen LogP contribution in [0.25, 0.3) is 11.4 Å². The molecule has 0 amide bonds. The van der Waals surface area contributed by atoms with E-state index < -0.39 is 6.10 Å². The number of hydrogen-bond acceptors (Lipinski definition) is 4. The van der Waals surface area contributed by atoms with Gasteiger partial charge < -0.3 is 10.4 Å². The maximum atomic E-state index is 10.9. The fraction of sp³-hybridized carbons (Fsp3) is 0.200. The van der Waals surface area contributed by atoms with Crippen LogP contribution < -0.4 is 5.32 Å². The van der Waals surface area contributed by atoms with Crippen molar-refractivity contribution >= 4 is 5.69 Å². The largest absolute Gasteiger partial charge is 0.386 e. The predicted molar refractivity (Wildman–Crippen MR) is 94.6 cm³/mol. The van der Waals surface area contributed by atoms with Crippen molar-refractivity contribution in [3.63, 3.8) is 0 Å². The standard InChI is InChI=1S/C20H19N3O/c1-2-13-7-9-14(10-8-13)23-19-15-5-3-11-21-17(15)18-16(20(19)24)6-4-12-22-18/h3-12,19-20,23-24H,2H2,1H3/t19-,20-/m1/s1. The minimum atomic E-state index is -0.670. The van der Waals surface area contributed by atoms with E-state index in [1.807, 2.05) is 24.3 Å². The maximum Gasteiger partial charge on any atom is 0.105 e. The Kier molecular flexibility index (Phi) is 3.75. The van der Waals surface area contributed by atoms with Crippen molar-refractivity contribution in [3.8, 4) is 11.4 Å². The first kappa shape index (κ1) is 14.8. The van der Waals surface area contributed by atoms with Gasteiger partial charge in [0.25, 0.3) is 0 Å². The molecule has 1 aromatic carbocycles. The molecule has 0 saturated carbocycles. The van der Waals surface area contributed by atoms with E-state index in [0.29, 0.717) is 0 Å². The van der Waals surface area contributed by atoms with Gasteiger partial charge in [0.05, 0.1) is 17.4 Å². The molecule has 24 heavy (non-hydrogen) atoms. The molecule has 2 heterocycles. The zero-order valence-corrected chi connectivity index (χ0v) is 13.5. The minimum absolute atomic E-state index is 0.252. The number of aliphatic hydroxyl groups is 1. The molecular formula is C20H19N3O. The van der Waals surface area contributed by atoms with Crippen LogP contribution in [0.3, 0.4) is 0 Å². The molecule has 1 aliphatic carbocycles. The number of benzene rings is 1. The van der Waals surface area contributed by atoms with Gasteiger partial charge >= 0.3 is 0 Å². The average molecular weight is 317 g/mol. The van der Waals surface area contributed by atoms with E-state index in [4.69, 9.17) is 0 Å². The molecule has 0 spiro atoms. The van der Waals surface area contributed by atoms with E-state index >= 15 is 0 Å². The van der Waals surface area contributed by atoms with Crippen LogP contribution in [0.15, 0.2) is 60.9 Å². The predicted octanol–water partition coefficient (Wildman–Crippen LogP) is 3.91. The Morgan fingerprint density at radius 3 is 2.21 bits per heavy atom. The highest BCUT2D eigenvalue weighted by Crippen LogP contribution is 2.43. The van der Waals surface area contributed by atoms with Gasteiger partial charge in [0.15, 0.2) is 0 Å². The molecule has 0 bridgehead atoms. The average Bonchev–Trinajstić information content (AvgIpc) is 2.65. The van der Waals surface area contributed by atoms with Crippen molar-refractivity contribution in [3.05, 3.63) is 77.6 Å². The van der Waals surface area contributed by atoms with Gasteiger partial charge in [0.2, 0.25) is 0 Å². The van der Waals surface area contributed by atoms with Crippen molar-refractivity contribution in [2.45, 2.75) is 25.5 Å². The molecule has 0 radical (unpaired) electrons. The van der Waals surface area contributed by atoms with Gasteiger partial charge in [-0.1, -0.05) is 31.2 Å². The van der Waals surface area contributed by atoms with Crippen LogP contribution in [0.1, 0.15) is 35.8 Å². The first-order chi connectivity index (χ1) is 11.8. The molecule has 120 valence electrons. The molecule has 0 fully saturated rings. The van der Waals surface area contributed by atoms with Crippen LogP contribution in [0.4, 0.5) is 5.69 Å².